The summed E-state index contributed by atoms with van der Waals surface area (Å²) in [6, 6.07) is 0. The van der Waals surface area contributed by atoms with Gasteiger partial charge in [0.2, 0.25) is 0 Å². The summed E-state index contributed by atoms with van der Waals surface area (Å²) in [7, 11) is -0.983. The zero-order valence-electron chi connectivity index (χ0n) is 6.33. The van der Waals surface area contributed by atoms with Crippen LogP contribution in [0.15, 0.2) is 12.7 Å². The summed E-state index contributed by atoms with van der Waals surface area (Å²) in [4.78, 5) is 10.2. The molecule has 0 aromatic carbocycles. The lowest BCUT2D eigenvalue weighted by molar-refractivity contribution is 0.155. The average Bonchev–Trinajstić information content (AvgIpc) is 1.81. The number of ether oxygens (including phenoxy) is 1. The maximum absolute atomic E-state index is 10.2. The minimum absolute atomic E-state index is 0.127. The van der Waals surface area contributed by atoms with Crippen molar-refractivity contribution in [1.29, 1.82) is 0 Å². The highest BCUT2D eigenvalue weighted by atomic mass is 28.3. The van der Waals surface area contributed by atoms with Gasteiger partial charge >= 0.3 is 6.09 Å². The molecule has 0 fully saturated rings. The van der Waals surface area contributed by atoms with Crippen molar-refractivity contribution in [3.63, 3.8) is 0 Å². The SMILES string of the molecule is C=CC(OC(N)=O)[SiH](C)C. The molecule has 2 N–H and O–H groups in total. The van der Waals surface area contributed by atoms with Crippen LogP contribution >= 0.6 is 0 Å². The van der Waals surface area contributed by atoms with E-state index in [1.54, 1.807) is 6.08 Å². The zero-order valence-corrected chi connectivity index (χ0v) is 7.49. The predicted molar refractivity (Wildman–Crippen MR) is 43.5 cm³/mol. The van der Waals surface area contributed by atoms with Gasteiger partial charge in [0.25, 0.3) is 0 Å². The summed E-state index contributed by atoms with van der Waals surface area (Å²) >= 11 is 0. The van der Waals surface area contributed by atoms with Crippen LogP contribution in [0.2, 0.25) is 13.1 Å². The normalized spacial score (nSPS) is 12.7. The number of carbonyl (C=O) groups excluding carboxylic acids is 1. The molecule has 1 amide bonds. The molecule has 0 aliphatic rings. The van der Waals surface area contributed by atoms with Crippen LogP contribution in [-0.2, 0) is 4.74 Å². The fraction of sp³-hybridized carbons (Fsp3) is 0.500. The number of nitrogens with two attached hydrogens (primary N) is 1. The third-order valence-corrected chi connectivity index (χ3v) is 2.86. The monoisotopic (exact) mass is 159 g/mol. The summed E-state index contributed by atoms with van der Waals surface area (Å²) in [6.45, 7) is 7.67. The first kappa shape index (κ1) is 9.23. The van der Waals surface area contributed by atoms with Crippen LogP contribution < -0.4 is 5.73 Å². The summed E-state index contributed by atoms with van der Waals surface area (Å²) in [5.41, 5.74) is 4.69. The Morgan fingerprint density at radius 2 is 2.30 bits per heavy atom. The second-order valence-corrected chi connectivity index (χ2v) is 5.53. The van der Waals surface area contributed by atoms with Crippen LogP contribution in [0, 0.1) is 0 Å². The van der Waals surface area contributed by atoms with E-state index in [0.29, 0.717) is 0 Å². The molecular formula is C6H13NO2Si. The van der Waals surface area contributed by atoms with Crippen LogP contribution in [0.5, 0.6) is 0 Å². The third kappa shape index (κ3) is 3.29. The fourth-order valence-corrected chi connectivity index (χ4v) is 1.54. The standard InChI is InChI=1S/C6H13NO2Si/c1-4-5(10(2)3)9-6(7)8/h4-5,10H,1H2,2-3H3,(H2,7,8). The highest BCUT2D eigenvalue weighted by Crippen LogP contribution is 1.98. The molecular weight excluding hydrogens is 146 g/mol. The van der Waals surface area contributed by atoms with E-state index in [0.717, 1.165) is 0 Å². The highest BCUT2D eigenvalue weighted by Gasteiger charge is 2.12. The first-order valence-corrected chi connectivity index (χ1v) is 6.14. The quantitative estimate of drug-likeness (QED) is 0.486. The van der Waals surface area contributed by atoms with Gasteiger partial charge < -0.3 is 10.5 Å². The van der Waals surface area contributed by atoms with E-state index in [2.05, 4.69) is 19.7 Å². The molecule has 0 aliphatic carbocycles. The predicted octanol–water partition coefficient (Wildman–Crippen LogP) is 0.662. The number of hydrogen-bond donors (Lipinski definition) is 1. The fourth-order valence-electron chi connectivity index (χ4n) is 0.590. The Morgan fingerprint density at radius 3 is 2.40 bits per heavy atom. The molecule has 0 bridgehead atoms. The van der Waals surface area contributed by atoms with Crippen molar-refractivity contribution in [3.05, 3.63) is 12.7 Å². The van der Waals surface area contributed by atoms with Gasteiger partial charge in [-0.25, -0.2) is 4.79 Å². The molecule has 0 aromatic heterocycles. The second-order valence-electron chi connectivity index (χ2n) is 2.38. The van der Waals surface area contributed by atoms with E-state index in [-0.39, 0.29) is 5.73 Å². The Labute approximate surface area is 62.5 Å². The maximum Gasteiger partial charge on any atom is 0.404 e. The second kappa shape index (κ2) is 4.11. The molecule has 1 atom stereocenters. The van der Waals surface area contributed by atoms with Gasteiger partial charge in [0.1, 0.15) is 5.73 Å². The maximum atomic E-state index is 10.2. The van der Waals surface area contributed by atoms with E-state index >= 15 is 0 Å². The topological polar surface area (TPSA) is 52.3 Å². The Morgan fingerprint density at radius 1 is 1.80 bits per heavy atom. The van der Waals surface area contributed by atoms with E-state index in [9.17, 15) is 4.79 Å². The lowest BCUT2D eigenvalue weighted by Gasteiger charge is -2.14. The molecule has 58 valence electrons. The molecule has 0 radical (unpaired) electrons. The Bertz CT molecular complexity index is 136. The Hall–Kier alpha value is -0.773. The molecule has 0 heterocycles. The molecule has 4 heteroatoms. The number of carbonyl (C=O) groups is 1. The van der Waals surface area contributed by atoms with Gasteiger partial charge in [0.05, 0.1) is 8.80 Å². The van der Waals surface area contributed by atoms with Crippen molar-refractivity contribution in [3.8, 4) is 0 Å². The third-order valence-electron chi connectivity index (χ3n) is 1.14. The van der Waals surface area contributed by atoms with Gasteiger partial charge in [0.15, 0.2) is 0 Å². The van der Waals surface area contributed by atoms with Crippen LogP contribution in [0.1, 0.15) is 0 Å². The van der Waals surface area contributed by atoms with Crippen molar-refractivity contribution in [2.45, 2.75) is 18.8 Å². The van der Waals surface area contributed by atoms with Gasteiger partial charge in [-0.15, -0.1) is 0 Å². The van der Waals surface area contributed by atoms with E-state index in [1.165, 1.54) is 0 Å². The summed E-state index contributed by atoms with van der Waals surface area (Å²) in [5.74, 6) is 0. The van der Waals surface area contributed by atoms with Gasteiger partial charge in [-0.2, -0.15) is 0 Å². The molecule has 0 aliphatic heterocycles. The average molecular weight is 159 g/mol. The molecule has 10 heavy (non-hydrogen) atoms. The van der Waals surface area contributed by atoms with Crippen LogP contribution in [0.3, 0.4) is 0 Å². The van der Waals surface area contributed by atoms with Gasteiger partial charge in [-0.05, 0) is 0 Å². The smallest absolute Gasteiger partial charge is 0.404 e. The Balaban J connectivity index is 3.83. The zero-order chi connectivity index (χ0) is 8.15. The molecule has 0 saturated heterocycles. The van der Waals surface area contributed by atoms with Gasteiger partial charge in [0, 0.05) is 0 Å². The Kier molecular flexibility index (Phi) is 3.79. The molecule has 0 saturated carbocycles. The van der Waals surface area contributed by atoms with Crippen molar-refractivity contribution in [2.24, 2.45) is 5.73 Å². The number of amides is 1. The summed E-state index contributed by atoms with van der Waals surface area (Å²) < 4.78 is 4.74. The molecule has 0 rings (SSSR count). The molecule has 0 spiro atoms. The first-order valence-electron chi connectivity index (χ1n) is 3.16. The van der Waals surface area contributed by atoms with Crippen LogP contribution in [0.25, 0.3) is 0 Å². The van der Waals surface area contributed by atoms with E-state index in [1.807, 2.05) is 0 Å². The van der Waals surface area contributed by atoms with Gasteiger partial charge in [-0.3, -0.25) is 0 Å². The largest absolute Gasteiger partial charge is 0.447 e. The molecule has 0 aromatic rings. The first-order chi connectivity index (χ1) is 4.57. The number of rotatable bonds is 3. The number of primary amides is 1. The van der Waals surface area contributed by atoms with Crippen molar-refractivity contribution < 1.29 is 9.53 Å². The molecule has 3 nitrogen and oxygen atoms in total. The van der Waals surface area contributed by atoms with E-state index < -0.39 is 14.9 Å². The van der Waals surface area contributed by atoms with Crippen molar-refractivity contribution >= 4 is 14.9 Å². The van der Waals surface area contributed by atoms with Gasteiger partial charge in [-0.1, -0.05) is 25.7 Å². The lowest BCUT2D eigenvalue weighted by atomic mass is 10.7. The minimum Gasteiger partial charge on any atom is -0.447 e. The summed E-state index contributed by atoms with van der Waals surface area (Å²) in [5, 5.41) is 0. The highest BCUT2D eigenvalue weighted by molar-refractivity contribution is 6.57. The lowest BCUT2D eigenvalue weighted by Crippen LogP contribution is -2.30. The van der Waals surface area contributed by atoms with Crippen LogP contribution in [-0.4, -0.2) is 20.6 Å². The van der Waals surface area contributed by atoms with Crippen LogP contribution in [0.4, 0.5) is 4.79 Å². The molecule has 1 unspecified atom stereocenters. The summed E-state index contributed by atoms with van der Waals surface area (Å²) in [6.07, 6.45) is 0.910. The minimum atomic E-state index is -0.983. The van der Waals surface area contributed by atoms with Crippen molar-refractivity contribution in [1.82, 2.24) is 0 Å². The number of hydrogen-bond acceptors (Lipinski definition) is 2. The van der Waals surface area contributed by atoms with E-state index in [4.69, 9.17) is 10.5 Å². The van der Waals surface area contributed by atoms with Crippen molar-refractivity contribution in [2.75, 3.05) is 0 Å².